The van der Waals surface area contributed by atoms with E-state index in [4.69, 9.17) is 0 Å². The van der Waals surface area contributed by atoms with Gasteiger partial charge in [-0.05, 0) is 38.0 Å². The van der Waals surface area contributed by atoms with Crippen LogP contribution in [0.1, 0.15) is 62.3 Å². The summed E-state index contributed by atoms with van der Waals surface area (Å²) < 4.78 is 0. The minimum Gasteiger partial charge on any atom is -0.151 e. The molecule has 0 unspecified atom stereocenters. The van der Waals surface area contributed by atoms with Crippen LogP contribution in [0.15, 0.2) is 64.5 Å². The van der Waals surface area contributed by atoms with Crippen molar-refractivity contribution < 1.29 is 0 Å². The second-order valence-corrected chi connectivity index (χ2v) is 4.48. The molecule has 1 rings (SSSR count). The SMILES string of the molecule is C/C=C\C(=C/C)N=Nc1ccccc1.CC.CC.CC(C)C. The standard InChI is InChI=1S/C12H14N2.C4H10.2C2H6/c1-3-8-11(4-2)13-14-12-9-6-5-7-10-12;1-4(2)3;2*1-2/h3-10H,1-2H3;4H,1-3H3;2*1-2H3/b8-3-,11-4+,14-13?;;;. The largest absolute Gasteiger partial charge is 0.151 e. The molecule has 0 amide bonds. The van der Waals surface area contributed by atoms with Gasteiger partial charge in [0.25, 0.3) is 0 Å². The fourth-order valence-corrected chi connectivity index (χ4v) is 0.968. The summed E-state index contributed by atoms with van der Waals surface area (Å²) in [5, 5.41) is 8.20. The van der Waals surface area contributed by atoms with Crippen molar-refractivity contribution in [2.24, 2.45) is 16.1 Å². The highest BCUT2D eigenvalue weighted by atomic mass is 15.1. The lowest BCUT2D eigenvalue weighted by molar-refractivity contribution is 0.737. The Bertz CT molecular complexity index is 385. The zero-order chi connectivity index (χ0) is 17.8. The smallest absolute Gasteiger partial charge is 0.0857 e. The van der Waals surface area contributed by atoms with Crippen LogP contribution in [0.3, 0.4) is 0 Å². The van der Waals surface area contributed by atoms with Crippen LogP contribution in [0, 0.1) is 5.92 Å². The summed E-state index contributed by atoms with van der Waals surface area (Å²) in [4.78, 5) is 0. The monoisotopic (exact) mass is 304 g/mol. The third-order valence-corrected chi connectivity index (χ3v) is 1.67. The minimum absolute atomic E-state index is 0.833. The number of nitrogens with zero attached hydrogens (tertiary/aromatic N) is 2. The summed E-state index contributed by atoms with van der Waals surface area (Å²) in [5.41, 5.74) is 1.74. The maximum absolute atomic E-state index is 4.10. The third kappa shape index (κ3) is 20.6. The molecule has 0 radical (unpaired) electrons. The van der Waals surface area contributed by atoms with E-state index in [9.17, 15) is 0 Å². The van der Waals surface area contributed by atoms with Gasteiger partial charge < -0.3 is 0 Å². The highest BCUT2D eigenvalue weighted by molar-refractivity contribution is 5.35. The predicted octanol–water partition coefficient (Wildman–Crippen LogP) is 7.96. The number of benzene rings is 1. The lowest BCUT2D eigenvalue weighted by atomic mass is 10.3. The number of azo groups is 1. The second-order valence-electron chi connectivity index (χ2n) is 4.48. The predicted molar refractivity (Wildman–Crippen MR) is 103 cm³/mol. The van der Waals surface area contributed by atoms with Crippen LogP contribution in [0.4, 0.5) is 5.69 Å². The van der Waals surface area contributed by atoms with E-state index >= 15 is 0 Å². The van der Waals surface area contributed by atoms with Crippen LogP contribution in [0.5, 0.6) is 0 Å². The van der Waals surface area contributed by atoms with Crippen LogP contribution >= 0.6 is 0 Å². The van der Waals surface area contributed by atoms with Gasteiger partial charge in [0.05, 0.1) is 11.4 Å². The van der Waals surface area contributed by atoms with E-state index in [-0.39, 0.29) is 0 Å². The van der Waals surface area contributed by atoms with Gasteiger partial charge in [0.1, 0.15) is 0 Å². The molecule has 0 saturated heterocycles. The highest BCUT2D eigenvalue weighted by Crippen LogP contribution is 2.12. The molecule has 0 spiro atoms. The van der Waals surface area contributed by atoms with Crippen LogP contribution in [-0.4, -0.2) is 0 Å². The van der Waals surface area contributed by atoms with Crippen molar-refractivity contribution >= 4 is 5.69 Å². The maximum atomic E-state index is 4.10. The molecule has 2 heteroatoms. The van der Waals surface area contributed by atoms with Crippen molar-refractivity contribution in [1.82, 2.24) is 0 Å². The Kier molecular flexibility index (Phi) is 24.8. The molecule has 0 aliphatic rings. The fourth-order valence-electron chi connectivity index (χ4n) is 0.968. The Morgan fingerprint density at radius 1 is 0.909 bits per heavy atom. The quantitative estimate of drug-likeness (QED) is 0.399. The third-order valence-electron chi connectivity index (χ3n) is 1.67. The van der Waals surface area contributed by atoms with Gasteiger partial charge in [0.2, 0.25) is 0 Å². The van der Waals surface area contributed by atoms with Crippen molar-refractivity contribution in [3.8, 4) is 0 Å². The van der Waals surface area contributed by atoms with E-state index in [1.807, 2.05) is 90.1 Å². The van der Waals surface area contributed by atoms with Gasteiger partial charge in [0.15, 0.2) is 0 Å². The molecule has 0 aromatic heterocycles. The van der Waals surface area contributed by atoms with Crippen molar-refractivity contribution in [2.45, 2.75) is 62.3 Å². The van der Waals surface area contributed by atoms with E-state index in [1.54, 1.807) is 0 Å². The molecular weight excluding hydrogens is 268 g/mol. The Morgan fingerprint density at radius 2 is 1.36 bits per heavy atom. The molecule has 0 aliphatic heterocycles. The van der Waals surface area contributed by atoms with Gasteiger partial charge in [0, 0.05) is 0 Å². The van der Waals surface area contributed by atoms with Crippen molar-refractivity contribution in [2.75, 3.05) is 0 Å². The van der Waals surface area contributed by atoms with Crippen molar-refractivity contribution in [1.29, 1.82) is 0 Å². The van der Waals surface area contributed by atoms with Crippen LogP contribution < -0.4 is 0 Å². The molecule has 126 valence electrons. The van der Waals surface area contributed by atoms with E-state index in [1.165, 1.54) is 0 Å². The summed E-state index contributed by atoms with van der Waals surface area (Å²) in [6.07, 6.45) is 5.79. The Labute approximate surface area is 139 Å². The van der Waals surface area contributed by atoms with E-state index in [0.717, 1.165) is 17.3 Å². The average molecular weight is 305 g/mol. The molecule has 0 N–H and O–H groups in total. The first-order valence-electron chi connectivity index (χ1n) is 8.36. The van der Waals surface area contributed by atoms with Crippen LogP contribution in [-0.2, 0) is 0 Å². The zero-order valence-corrected chi connectivity index (χ0v) is 16.1. The number of allylic oxidation sites excluding steroid dienone is 3. The van der Waals surface area contributed by atoms with E-state index in [2.05, 4.69) is 31.0 Å². The molecule has 0 saturated carbocycles. The Morgan fingerprint density at radius 3 is 1.73 bits per heavy atom. The summed E-state index contributed by atoms with van der Waals surface area (Å²) in [6.45, 7) is 18.4. The Hall–Kier alpha value is -1.70. The summed E-state index contributed by atoms with van der Waals surface area (Å²) in [7, 11) is 0. The maximum Gasteiger partial charge on any atom is 0.0857 e. The van der Waals surface area contributed by atoms with Gasteiger partial charge in [-0.2, -0.15) is 10.2 Å². The average Bonchev–Trinajstić information content (AvgIpc) is 2.55. The van der Waals surface area contributed by atoms with E-state index in [0.29, 0.717) is 0 Å². The number of rotatable bonds is 3. The lowest BCUT2D eigenvalue weighted by Gasteiger charge is -1.91. The molecule has 2 nitrogen and oxygen atoms in total. The lowest BCUT2D eigenvalue weighted by Crippen LogP contribution is -1.68. The highest BCUT2D eigenvalue weighted by Gasteiger charge is 1.86. The summed E-state index contributed by atoms with van der Waals surface area (Å²) in [5.74, 6) is 0.833. The molecular formula is C20H36N2. The van der Waals surface area contributed by atoms with Gasteiger partial charge >= 0.3 is 0 Å². The van der Waals surface area contributed by atoms with Gasteiger partial charge in [-0.25, -0.2) is 0 Å². The molecule has 0 heterocycles. The van der Waals surface area contributed by atoms with Gasteiger partial charge in [-0.15, -0.1) is 0 Å². The van der Waals surface area contributed by atoms with Crippen LogP contribution in [0.25, 0.3) is 0 Å². The second kappa shape index (κ2) is 21.6. The molecule has 1 aromatic rings. The number of hydrogen-bond acceptors (Lipinski definition) is 2. The molecule has 1 aromatic carbocycles. The van der Waals surface area contributed by atoms with Gasteiger partial charge in [-0.1, -0.05) is 78.8 Å². The summed E-state index contributed by atoms with van der Waals surface area (Å²) in [6, 6.07) is 9.69. The van der Waals surface area contributed by atoms with E-state index < -0.39 is 0 Å². The Balaban J connectivity index is -0.000000383. The van der Waals surface area contributed by atoms with Crippen molar-refractivity contribution in [3.05, 3.63) is 54.3 Å². The van der Waals surface area contributed by atoms with Gasteiger partial charge in [-0.3, -0.25) is 0 Å². The molecule has 0 bridgehead atoms. The summed E-state index contributed by atoms with van der Waals surface area (Å²) >= 11 is 0. The normalized spacial score (nSPS) is 10.4. The topological polar surface area (TPSA) is 24.7 Å². The molecule has 0 atom stereocenters. The first-order valence-corrected chi connectivity index (χ1v) is 8.36. The molecule has 0 fully saturated rings. The van der Waals surface area contributed by atoms with Crippen LogP contribution in [0.2, 0.25) is 0 Å². The van der Waals surface area contributed by atoms with Crippen molar-refractivity contribution in [3.63, 3.8) is 0 Å². The fraction of sp³-hybridized carbons (Fsp3) is 0.500. The molecule has 22 heavy (non-hydrogen) atoms. The number of hydrogen-bond donors (Lipinski definition) is 0. The minimum atomic E-state index is 0.833. The zero-order valence-electron chi connectivity index (χ0n) is 16.1. The first-order chi connectivity index (χ1) is 10.6. The molecule has 0 aliphatic carbocycles. The first kappa shape index (κ1) is 25.3.